The number of hydrogen-bond donors (Lipinski definition) is 3. The summed E-state index contributed by atoms with van der Waals surface area (Å²) in [6, 6.07) is 10.8. The van der Waals surface area contributed by atoms with Crippen LogP contribution < -0.4 is 20.9 Å². The molecule has 0 aliphatic rings. The average molecular weight is 426 g/mol. The van der Waals surface area contributed by atoms with Crippen molar-refractivity contribution in [2.45, 2.75) is 26.4 Å². The molecule has 0 atom stereocenters. The Morgan fingerprint density at radius 3 is 2.68 bits per heavy atom. The number of carbonyl (C=O) groups is 1. The van der Waals surface area contributed by atoms with E-state index in [1.54, 1.807) is 12.1 Å². The Bertz CT molecular complexity index is 703. The molecule has 1 heterocycles. The first-order valence-electron chi connectivity index (χ1n) is 7.89. The van der Waals surface area contributed by atoms with Gasteiger partial charge in [0.15, 0.2) is 10.9 Å². The van der Waals surface area contributed by atoms with Crippen LogP contribution >= 0.6 is 28.1 Å². The van der Waals surface area contributed by atoms with Crippen molar-refractivity contribution in [1.29, 1.82) is 0 Å². The predicted molar refractivity (Wildman–Crippen MR) is 103 cm³/mol. The minimum Gasteiger partial charge on any atom is -0.486 e. The van der Waals surface area contributed by atoms with Crippen LogP contribution in [0.4, 0.5) is 0 Å². The van der Waals surface area contributed by atoms with Gasteiger partial charge in [0, 0.05) is 11.0 Å². The van der Waals surface area contributed by atoms with Gasteiger partial charge in [0.05, 0.1) is 0 Å². The van der Waals surface area contributed by atoms with E-state index in [1.807, 2.05) is 24.3 Å². The number of ether oxygens (including phenoxy) is 1. The highest BCUT2D eigenvalue weighted by Crippen LogP contribution is 2.18. The topological polar surface area (TPSA) is 75.5 Å². The van der Waals surface area contributed by atoms with Gasteiger partial charge in [-0.2, -0.15) is 0 Å². The highest BCUT2D eigenvalue weighted by atomic mass is 79.9. The summed E-state index contributed by atoms with van der Waals surface area (Å²) in [5, 5.41) is 3.36. The molecule has 0 saturated heterocycles. The van der Waals surface area contributed by atoms with E-state index in [-0.39, 0.29) is 12.4 Å². The maximum atomic E-state index is 12.0. The number of benzene rings is 1. The first-order valence-corrected chi connectivity index (χ1v) is 9.10. The van der Waals surface area contributed by atoms with Crippen LogP contribution in [0.1, 0.15) is 36.1 Å². The molecule has 0 aliphatic heterocycles. The Balaban J connectivity index is 1.76. The van der Waals surface area contributed by atoms with Crippen molar-refractivity contribution in [3.05, 3.63) is 52.4 Å². The van der Waals surface area contributed by atoms with E-state index in [4.69, 9.17) is 21.4 Å². The average Bonchev–Trinajstić information content (AvgIpc) is 3.08. The Hall–Kier alpha value is -2.06. The number of hydrogen-bond acceptors (Lipinski definition) is 4. The molecular formula is C17H20BrN3O3S. The molecule has 0 saturated carbocycles. The molecule has 1 amide bonds. The summed E-state index contributed by atoms with van der Waals surface area (Å²) >= 11 is 8.42. The number of unbranched alkanes of at least 4 members (excludes halogenated alkanes) is 1. The zero-order valence-electron chi connectivity index (χ0n) is 13.8. The van der Waals surface area contributed by atoms with E-state index in [1.165, 1.54) is 0 Å². The molecule has 1 aromatic carbocycles. The Labute approximate surface area is 160 Å². The molecule has 0 unspecified atom stereocenters. The Kier molecular flexibility index (Phi) is 7.75. The third kappa shape index (κ3) is 6.75. The fraction of sp³-hybridized carbons (Fsp3) is 0.294. The van der Waals surface area contributed by atoms with Crippen LogP contribution in [0, 0.1) is 0 Å². The first kappa shape index (κ1) is 19.3. The van der Waals surface area contributed by atoms with E-state index >= 15 is 0 Å². The summed E-state index contributed by atoms with van der Waals surface area (Å²) in [7, 11) is 0. The lowest BCUT2D eigenvalue weighted by molar-refractivity contribution is 0.0911. The lowest BCUT2D eigenvalue weighted by atomic mass is 10.3. The molecular weight excluding hydrogens is 406 g/mol. The summed E-state index contributed by atoms with van der Waals surface area (Å²) < 4.78 is 12.1. The Morgan fingerprint density at radius 1 is 1.20 bits per heavy atom. The van der Waals surface area contributed by atoms with Gasteiger partial charge in [-0.15, -0.1) is 0 Å². The standard InChI is InChI=1S/C17H20BrN3O3S/c1-2-3-10-19-17(25)21-20-16(22)15-9-8-14(24-15)11-23-13-6-4-12(18)5-7-13/h4-9H,2-3,10-11H2,1H3,(H,20,22)(H2,19,21,25). The Morgan fingerprint density at radius 2 is 1.96 bits per heavy atom. The monoisotopic (exact) mass is 425 g/mol. The van der Waals surface area contributed by atoms with Crippen LogP contribution in [0.5, 0.6) is 5.75 Å². The third-order valence-corrected chi connectivity index (χ3v) is 3.96. The normalized spacial score (nSPS) is 10.2. The molecule has 0 fully saturated rings. The predicted octanol–water partition coefficient (Wildman–Crippen LogP) is 3.53. The summed E-state index contributed by atoms with van der Waals surface area (Å²) in [4.78, 5) is 12.0. The maximum absolute atomic E-state index is 12.0. The van der Waals surface area contributed by atoms with Crippen molar-refractivity contribution in [3.8, 4) is 5.75 Å². The summed E-state index contributed by atoms with van der Waals surface area (Å²) in [6.45, 7) is 3.09. The van der Waals surface area contributed by atoms with Gasteiger partial charge in [-0.25, -0.2) is 0 Å². The molecule has 0 bridgehead atoms. The number of hydrazine groups is 1. The van der Waals surface area contributed by atoms with Crippen LogP contribution in [-0.2, 0) is 6.61 Å². The number of amides is 1. The summed E-state index contributed by atoms with van der Waals surface area (Å²) in [5.41, 5.74) is 5.12. The van der Waals surface area contributed by atoms with Crippen LogP contribution in [0.15, 0.2) is 45.3 Å². The van der Waals surface area contributed by atoms with Gasteiger partial charge in [0.1, 0.15) is 18.1 Å². The fourth-order valence-electron chi connectivity index (χ4n) is 1.86. The van der Waals surface area contributed by atoms with Gasteiger partial charge in [-0.1, -0.05) is 29.3 Å². The van der Waals surface area contributed by atoms with Gasteiger partial charge >= 0.3 is 5.91 Å². The van der Waals surface area contributed by atoms with Gasteiger partial charge in [-0.3, -0.25) is 15.6 Å². The van der Waals surface area contributed by atoms with E-state index in [2.05, 4.69) is 39.0 Å². The van der Waals surface area contributed by atoms with Crippen molar-refractivity contribution in [2.75, 3.05) is 6.54 Å². The fourth-order valence-corrected chi connectivity index (χ4v) is 2.28. The van der Waals surface area contributed by atoms with Crippen LogP contribution in [0.2, 0.25) is 0 Å². The molecule has 2 rings (SSSR count). The number of rotatable bonds is 7. The van der Waals surface area contributed by atoms with E-state index in [0.717, 1.165) is 29.6 Å². The maximum Gasteiger partial charge on any atom is 0.305 e. The molecule has 134 valence electrons. The van der Waals surface area contributed by atoms with Crippen LogP contribution in [-0.4, -0.2) is 17.6 Å². The van der Waals surface area contributed by atoms with Crippen LogP contribution in [0.25, 0.3) is 0 Å². The summed E-state index contributed by atoms with van der Waals surface area (Å²) in [5.74, 6) is 1.04. The molecule has 8 heteroatoms. The quantitative estimate of drug-likeness (QED) is 0.357. The number of thiocarbonyl (C=S) groups is 1. The van der Waals surface area contributed by atoms with E-state index < -0.39 is 5.91 Å². The number of halogens is 1. The van der Waals surface area contributed by atoms with Gasteiger partial charge in [0.25, 0.3) is 0 Å². The lowest BCUT2D eigenvalue weighted by Gasteiger charge is -2.10. The van der Waals surface area contributed by atoms with Crippen LogP contribution in [0.3, 0.4) is 0 Å². The SMILES string of the molecule is CCCCNC(=S)NNC(=O)c1ccc(COc2ccc(Br)cc2)o1. The minimum atomic E-state index is -0.408. The molecule has 0 radical (unpaired) electrons. The molecule has 0 spiro atoms. The van der Waals surface area contributed by atoms with Gasteiger partial charge in [-0.05, 0) is 55.0 Å². The van der Waals surface area contributed by atoms with Crippen molar-refractivity contribution in [3.63, 3.8) is 0 Å². The zero-order chi connectivity index (χ0) is 18.1. The molecule has 0 aliphatic carbocycles. The second-order valence-corrected chi connectivity index (χ2v) is 6.52. The molecule has 1 aromatic heterocycles. The van der Waals surface area contributed by atoms with Gasteiger partial charge in [0.2, 0.25) is 0 Å². The van der Waals surface area contributed by atoms with Crippen molar-refractivity contribution in [1.82, 2.24) is 16.2 Å². The second kappa shape index (κ2) is 10.0. The minimum absolute atomic E-state index is 0.179. The number of nitrogens with one attached hydrogen (secondary N) is 3. The first-order chi connectivity index (χ1) is 12.1. The largest absolute Gasteiger partial charge is 0.486 e. The van der Waals surface area contributed by atoms with Crippen molar-refractivity contribution in [2.24, 2.45) is 0 Å². The molecule has 25 heavy (non-hydrogen) atoms. The highest BCUT2D eigenvalue weighted by Gasteiger charge is 2.11. The second-order valence-electron chi connectivity index (χ2n) is 5.20. The lowest BCUT2D eigenvalue weighted by Crippen LogP contribution is -2.46. The van der Waals surface area contributed by atoms with E-state index in [0.29, 0.717) is 10.9 Å². The molecule has 6 nitrogen and oxygen atoms in total. The number of furan rings is 1. The van der Waals surface area contributed by atoms with Crippen molar-refractivity contribution >= 4 is 39.2 Å². The van der Waals surface area contributed by atoms with Gasteiger partial charge < -0.3 is 14.5 Å². The van der Waals surface area contributed by atoms with E-state index in [9.17, 15) is 4.79 Å². The third-order valence-electron chi connectivity index (χ3n) is 3.19. The number of carbonyl (C=O) groups excluding carboxylic acids is 1. The van der Waals surface area contributed by atoms with Crippen molar-refractivity contribution < 1.29 is 13.9 Å². The smallest absolute Gasteiger partial charge is 0.305 e. The zero-order valence-corrected chi connectivity index (χ0v) is 16.2. The molecule has 3 N–H and O–H groups in total. The summed E-state index contributed by atoms with van der Waals surface area (Å²) in [6.07, 6.45) is 2.08. The molecule has 2 aromatic rings. The highest BCUT2D eigenvalue weighted by molar-refractivity contribution is 9.10.